The predicted octanol–water partition coefficient (Wildman–Crippen LogP) is 5.28. The molecule has 39 heavy (non-hydrogen) atoms. The van der Waals surface area contributed by atoms with Crippen LogP contribution >= 0.6 is 0 Å². The Labute approximate surface area is 224 Å². The van der Waals surface area contributed by atoms with E-state index in [4.69, 9.17) is 4.74 Å². The highest BCUT2D eigenvalue weighted by Gasteiger charge is 2.30. The van der Waals surface area contributed by atoms with Gasteiger partial charge in [0.15, 0.2) is 0 Å². The molecular weight excluding hydrogens is 509 g/mol. The van der Waals surface area contributed by atoms with Crippen molar-refractivity contribution in [1.29, 1.82) is 0 Å². The number of halogens is 3. The molecule has 0 bridgehead atoms. The summed E-state index contributed by atoms with van der Waals surface area (Å²) < 4.78 is 44.0. The third-order valence-corrected chi connectivity index (χ3v) is 6.54. The fourth-order valence-corrected chi connectivity index (χ4v) is 4.39. The molecule has 3 aromatic carbocycles. The first kappa shape index (κ1) is 27.9. The van der Waals surface area contributed by atoms with Gasteiger partial charge in [-0.1, -0.05) is 54.6 Å². The maximum atomic E-state index is 13.4. The van der Waals surface area contributed by atoms with E-state index in [9.17, 15) is 27.9 Å². The average molecular weight is 539 g/mol. The standard InChI is InChI=1S/C30H29F3N2O4/c31-30(32,33)25-11-6-22(7-12-25)10-15-28(36)35(27(29(37)38)20-23-4-2-1-3-5-23)21-24-8-13-26(14-9-24)34-16-18-39-19-17-34/h1-15,27H,16-21H2,(H,37,38)/t27-/m0/s1. The van der Waals surface area contributed by atoms with Gasteiger partial charge in [0.05, 0.1) is 18.8 Å². The summed E-state index contributed by atoms with van der Waals surface area (Å²) in [7, 11) is 0. The number of amides is 1. The summed E-state index contributed by atoms with van der Waals surface area (Å²) in [5, 5.41) is 10.1. The Hall–Kier alpha value is -4.11. The molecule has 1 aliphatic heterocycles. The van der Waals surface area contributed by atoms with E-state index < -0.39 is 29.7 Å². The van der Waals surface area contributed by atoms with Crippen molar-refractivity contribution in [2.24, 2.45) is 0 Å². The summed E-state index contributed by atoms with van der Waals surface area (Å²) >= 11 is 0. The van der Waals surface area contributed by atoms with E-state index in [1.165, 1.54) is 29.2 Å². The first-order valence-electron chi connectivity index (χ1n) is 12.5. The summed E-state index contributed by atoms with van der Waals surface area (Å²) in [5.74, 6) is -1.71. The number of carboxylic acids is 1. The molecule has 1 fully saturated rings. The lowest BCUT2D eigenvalue weighted by atomic mass is 10.0. The molecule has 3 aromatic rings. The second-order valence-electron chi connectivity index (χ2n) is 9.23. The molecule has 1 saturated heterocycles. The Morgan fingerprint density at radius 2 is 1.56 bits per heavy atom. The molecule has 9 heteroatoms. The second kappa shape index (κ2) is 12.6. The highest BCUT2D eigenvalue weighted by atomic mass is 19.4. The molecule has 1 atom stereocenters. The van der Waals surface area contributed by atoms with Crippen LogP contribution in [0.3, 0.4) is 0 Å². The van der Waals surface area contributed by atoms with Crippen LogP contribution in [0, 0.1) is 0 Å². The van der Waals surface area contributed by atoms with Crippen LogP contribution in [0.4, 0.5) is 18.9 Å². The smallest absolute Gasteiger partial charge is 0.416 e. The summed E-state index contributed by atoms with van der Waals surface area (Å²) in [6.07, 6.45) is -1.77. The van der Waals surface area contributed by atoms with Crippen LogP contribution in [-0.4, -0.2) is 54.2 Å². The Bertz CT molecular complexity index is 1270. The molecule has 1 heterocycles. The number of carbonyl (C=O) groups is 2. The normalized spacial score (nSPS) is 14.8. The Morgan fingerprint density at radius 3 is 2.15 bits per heavy atom. The minimum atomic E-state index is -4.46. The zero-order valence-electron chi connectivity index (χ0n) is 21.2. The van der Waals surface area contributed by atoms with Crippen LogP contribution < -0.4 is 4.90 Å². The molecule has 0 saturated carbocycles. The van der Waals surface area contributed by atoms with Gasteiger partial charge >= 0.3 is 12.1 Å². The van der Waals surface area contributed by atoms with Crippen molar-refractivity contribution in [3.05, 3.63) is 107 Å². The van der Waals surface area contributed by atoms with Gasteiger partial charge in [-0.25, -0.2) is 4.79 Å². The lowest BCUT2D eigenvalue weighted by molar-refractivity contribution is -0.148. The van der Waals surface area contributed by atoms with Crippen molar-refractivity contribution in [3.8, 4) is 0 Å². The number of alkyl halides is 3. The number of aliphatic carboxylic acids is 1. The molecule has 1 amide bonds. The van der Waals surface area contributed by atoms with E-state index in [0.717, 1.165) is 42.0 Å². The van der Waals surface area contributed by atoms with Gasteiger partial charge in [-0.3, -0.25) is 4.79 Å². The van der Waals surface area contributed by atoms with Crippen molar-refractivity contribution in [2.45, 2.75) is 25.2 Å². The minimum Gasteiger partial charge on any atom is -0.480 e. The first-order chi connectivity index (χ1) is 18.7. The van der Waals surface area contributed by atoms with Crippen LogP contribution in [0.5, 0.6) is 0 Å². The number of nitrogens with zero attached hydrogens (tertiary/aromatic N) is 2. The highest BCUT2D eigenvalue weighted by molar-refractivity contribution is 5.94. The van der Waals surface area contributed by atoms with Crippen molar-refractivity contribution in [3.63, 3.8) is 0 Å². The lowest BCUT2D eigenvalue weighted by Gasteiger charge is -2.30. The molecule has 0 aromatic heterocycles. The average Bonchev–Trinajstić information content (AvgIpc) is 2.94. The number of benzene rings is 3. The molecule has 204 valence electrons. The Morgan fingerprint density at radius 1 is 0.923 bits per heavy atom. The van der Waals surface area contributed by atoms with Gasteiger partial charge in [-0.2, -0.15) is 13.2 Å². The number of hydrogen-bond acceptors (Lipinski definition) is 4. The molecule has 0 spiro atoms. The van der Waals surface area contributed by atoms with Gasteiger partial charge in [-0.15, -0.1) is 0 Å². The minimum absolute atomic E-state index is 0.0450. The Balaban J connectivity index is 1.57. The van der Waals surface area contributed by atoms with Crippen LogP contribution in [0.15, 0.2) is 84.9 Å². The van der Waals surface area contributed by atoms with Gasteiger partial charge in [0.1, 0.15) is 6.04 Å². The summed E-state index contributed by atoms with van der Waals surface area (Å²) in [6, 6.07) is 19.9. The number of rotatable bonds is 9. The first-order valence-corrected chi connectivity index (χ1v) is 12.5. The third kappa shape index (κ3) is 7.70. The van der Waals surface area contributed by atoms with Crippen molar-refractivity contribution < 1.29 is 32.6 Å². The molecule has 1 N–H and O–H groups in total. The van der Waals surface area contributed by atoms with Crippen LogP contribution in [0.2, 0.25) is 0 Å². The monoisotopic (exact) mass is 538 g/mol. The van der Waals surface area contributed by atoms with Crippen molar-refractivity contribution in [1.82, 2.24) is 4.90 Å². The van der Waals surface area contributed by atoms with E-state index in [-0.39, 0.29) is 13.0 Å². The third-order valence-electron chi connectivity index (χ3n) is 6.54. The van der Waals surface area contributed by atoms with E-state index in [1.54, 1.807) is 24.3 Å². The number of carboxylic acid groups (broad SMARTS) is 1. The molecule has 6 nitrogen and oxygen atoms in total. The number of ether oxygens (including phenoxy) is 1. The fourth-order valence-electron chi connectivity index (χ4n) is 4.39. The highest BCUT2D eigenvalue weighted by Crippen LogP contribution is 2.29. The fraction of sp³-hybridized carbons (Fsp3) is 0.267. The van der Waals surface area contributed by atoms with Crippen LogP contribution in [-0.2, 0) is 33.5 Å². The number of carbonyl (C=O) groups excluding carboxylic acids is 1. The molecule has 0 aliphatic carbocycles. The number of hydrogen-bond donors (Lipinski definition) is 1. The van der Waals surface area contributed by atoms with Crippen molar-refractivity contribution in [2.75, 3.05) is 31.2 Å². The summed E-state index contributed by atoms with van der Waals surface area (Å²) in [4.78, 5) is 29.2. The van der Waals surface area contributed by atoms with Crippen molar-refractivity contribution >= 4 is 23.6 Å². The maximum Gasteiger partial charge on any atom is 0.416 e. The number of morpholine rings is 1. The van der Waals surface area contributed by atoms with Gasteiger partial charge in [0, 0.05) is 37.8 Å². The van der Waals surface area contributed by atoms with E-state index in [1.807, 2.05) is 30.3 Å². The molecule has 1 aliphatic rings. The molecule has 4 rings (SSSR count). The molecule has 0 unspecified atom stereocenters. The van der Waals surface area contributed by atoms with Crippen LogP contribution in [0.1, 0.15) is 22.3 Å². The molecule has 0 radical (unpaired) electrons. The van der Waals surface area contributed by atoms with E-state index in [0.29, 0.717) is 18.8 Å². The van der Waals surface area contributed by atoms with E-state index in [2.05, 4.69) is 4.90 Å². The summed E-state index contributed by atoms with van der Waals surface area (Å²) in [5.41, 5.74) is 2.13. The predicted molar refractivity (Wildman–Crippen MR) is 142 cm³/mol. The molecular formula is C30H29F3N2O4. The Kier molecular flexibility index (Phi) is 9.03. The largest absolute Gasteiger partial charge is 0.480 e. The topological polar surface area (TPSA) is 70.1 Å². The van der Waals surface area contributed by atoms with Gasteiger partial charge in [0.25, 0.3) is 0 Å². The lowest BCUT2D eigenvalue weighted by Crippen LogP contribution is -2.45. The number of anilines is 1. The van der Waals surface area contributed by atoms with Gasteiger partial charge < -0.3 is 19.6 Å². The zero-order chi connectivity index (χ0) is 27.8. The van der Waals surface area contributed by atoms with Gasteiger partial charge in [-0.05, 0) is 47.0 Å². The zero-order valence-corrected chi connectivity index (χ0v) is 21.2. The SMILES string of the molecule is O=C(O)[C@H](Cc1ccccc1)N(Cc1ccc(N2CCOCC2)cc1)C(=O)C=Cc1ccc(C(F)(F)F)cc1. The maximum absolute atomic E-state index is 13.4. The van der Waals surface area contributed by atoms with Gasteiger partial charge in [0.2, 0.25) is 5.91 Å². The summed E-state index contributed by atoms with van der Waals surface area (Å²) in [6.45, 7) is 2.89. The quantitative estimate of drug-likeness (QED) is 0.376. The van der Waals surface area contributed by atoms with E-state index >= 15 is 0 Å². The van der Waals surface area contributed by atoms with Crippen LogP contribution in [0.25, 0.3) is 6.08 Å². The second-order valence-corrected chi connectivity index (χ2v) is 9.23.